The first-order valence-electron chi connectivity index (χ1n) is 8.36. The molecule has 1 aliphatic heterocycles. The molecule has 3 nitrogen and oxygen atoms in total. The zero-order valence-electron chi connectivity index (χ0n) is 14.8. The van der Waals surface area contributed by atoms with Crippen LogP contribution in [0.5, 0.6) is 0 Å². The Morgan fingerprint density at radius 1 is 0.815 bits per heavy atom. The van der Waals surface area contributed by atoms with Crippen molar-refractivity contribution in [3.05, 3.63) is 64.0 Å². The number of nitrogens with zero attached hydrogens (tertiary/aromatic N) is 2. The van der Waals surface area contributed by atoms with Crippen molar-refractivity contribution < 1.29 is 26.7 Å². The van der Waals surface area contributed by atoms with Gasteiger partial charge in [-0.25, -0.2) is 22.0 Å². The van der Waals surface area contributed by atoms with Crippen LogP contribution >= 0.6 is 0 Å². The summed E-state index contributed by atoms with van der Waals surface area (Å²) in [4.78, 5) is 15.5. The molecule has 0 radical (unpaired) electrons. The first kappa shape index (κ1) is 19.1. The van der Waals surface area contributed by atoms with Gasteiger partial charge in [0.2, 0.25) is 5.82 Å². The van der Waals surface area contributed by atoms with E-state index in [9.17, 15) is 26.7 Å². The zero-order valence-corrected chi connectivity index (χ0v) is 14.8. The van der Waals surface area contributed by atoms with E-state index in [0.29, 0.717) is 13.1 Å². The van der Waals surface area contributed by atoms with Gasteiger partial charge < -0.3 is 9.80 Å². The van der Waals surface area contributed by atoms with Crippen LogP contribution in [0.25, 0.3) is 0 Å². The van der Waals surface area contributed by atoms with E-state index in [1.807, 2.05) is 36.9 Å². The van der Waals surface area contributed by atoms with E-state index in [-0.39, 0.29) is 13.1 Å². The van der Waals surface area contributed by atoms with Gasteiger partial charge in [0, 0.05) is 31.9 Å². The fourth-order valence-corrected chi connectivity index (χ4v) is 3.18. The van der Waals surface area contributed by atoms with Gasteiger partial charge in [0.1, 0.15) is 5.56 Å². The van der Waals surface area contributed by atoms with E-state index in [2.05, 4.69) is 0 Å². The number of benzene rings is 2. The summed E-state index contributed by atoms with van der Waals surface area (Å²) < 4.78 is 67.6. The van der Waals surface area contributed by atoms with Crippen molar-refractivity contribution in [2.45, 2.75) is 13.8 Å². The number of amides is 1. The SMILES string of the molecule is Cc1cccc(N2CCN(C(=O)c3c(F)c(F)c(F)c(F)c3F)CC2)c1C. The largest absolute Gasteiger partial charge is 0.368 e. The van der Waals surface area contributed by atoms with E-state index in [0.717, 1.165) is 21.7 Å². The Bertz CT molecular complexity index is 878. The maximum Gasteiger partial charge on any atom is 0.260 e. The average Bonchev–Trinajstić information content (AvgIpc) is 2.67. The van der Waals surface area contributed by atoms with E-state index in [4.69, 9.17) is 0 Å². The van der Waals surface area contributed by atoms with Crippen LogP contribution in [-0.4, -0.2) is 37.0 Å². The fraction of sp³-hybridized carbons (Fsp3) is 0.316. The molecule has 0 saturated carbocycles. The lowest BCUT2D eigenvalue weighted by atomic mass is 10.1. The Morgan fingerprint density at radius 3 is 1.89 bits per heavy atom. The smallest absolute Gasteiger partial charge is 0.260 e. The molecule has 0 spiro atoms. The summed E-state index contributed by atoms with van der Waals surface area (Å²) in [5.41, 5.74) is 1.76. The van der Waals surface area contributed by atoms with Crippen LogP contribution in [0.2, 0.25) is 0 Å². The molecule has 1 heterocycles. The predicted molar refractivity (Wildman–Crippen MR) is 90.3 cm³/mol. The number of halogens is 5. The Labute approximate surface area is 153 Å². The van der Waals surface area contributed by atoms with Crippen LogP contribution < -0.4 is 4.90 Å². The fourth-order valence-electron chi connectivity index (χ4n) is 3.18. The van der Waals surface area contributed by atoms with Gasteiger partial charge in [0.25, 0.3) is 5.91 Å². The molecule has 0 atom stereocenters. The standard InChI is InChI=1S/C19H17F5N2O/c1-10-4-3-5-12(11(10)2)25-6-8-26(9-7-25)19(27)13-14(20)16(22)18(24)17(23)15(13)21/h3-5H,6-9H2,1-2H3. The lowest BCUT2D eigenvalue weighted by Gasteiger charge is -2.37. The van der Waals surface area contributed by atoms with Crippen LogP contribution in [0.3, 0.4) is 0 Å². The van der Waals surface area contributed by atoms with Crippen molar-refractivity contribution >= 4 is 11.6 Å². The molecule has 0 bridgehead atoms. The minimum absolute atomic E-state index is 0.103. The van der Waals surface area contributed by atoms with E-state index < -0.39 is 40.6 Å². The van der Waals surface area contributed by atoms with Gasteiger partial charge >= 0.3 is 0 Å². The second-order valence-electron chi connectivity index (χ2n) is 6.44. The Balaban J connectivity index is 1.81. The summed E-state index contributed by atoms with van der Waals surface area (Å²) in [6.45, 7) is 4.91. The molecule has 1 aliphatic rings. The summed E-state index contributed by atoms with van der Waals surface area (Å²) in [6.07, 6.45) is 0. The predicted octanol–water partition coefficient (Wildman–Crippen LogP) is 3.96. The highest BCUT2D eigenvalue weighted by molar-refractivity contribution is 5.95. The van der Waals surface area contributed by atoms with Gasteiger partial charge in [0.05, 0.1) is 0 Å². The molecule has 1 saturated heterocycles. The lowest BCUT2D eigenvalue weighted by Crippen LogP contribution is -2.49. The molecule has 1 fully saturated rings. The normalized spacial score (nSPS) is 14.6. The minimum Gasteiger partial charge on any atom is -0.368 e. The van der Waals surface area contributed by atoms with Crippen molar-refractivity contribution in [1.29, 1.82) is 0 Å². The summed E-state index contributed by atoms with van der Waals surface area (Å²) in [7, 11) is 0. The summed E-state index contributed by atoms with van der Waals surface area (Å²) >= 11 is 0. The molecule has 144 valence electrons. The Hall–Kier alpha value is -2.64. The number of anilines is 1. The van der Waals surface area contributed by atoms with Gasteiger partial charge in [-0.05, 0) is 31.0 Å². The second kappa shape index (κ2) is 7.17. The highest BCUT2D eigenvalue weighted by Crippen LogP contribution is 2.27. The number of carbonyl (C=O) groups excluding carboxylic acids is 1. The van der Waals surface area contributed by atoms with Gasteiger partial charge in [-0.3, -0.25) is 4.79 Å². The summed E-state index contributed by atoms with van der Waals surface area (Å²) in [5.74, 6) is -11.9. The number of rotatable bonds is 2. The molecule has 0 N–H and O–H groups in total. The molecule has 8 heteroatoms. The monoisotopic (exact) mass is 384 g/mol. The number of carbonyl (C=O) groups is 1. The van der Waals surface area contributed by atoms with Crippen LogP contribution in [0.4, 0.5) is 27.6 Å². The molecule has 27 heavy (non-hydrogen) atoms. The molecule has 2 aromatic carbocycles. The highest BCUT2D eigenvalue weighted by Gasteiger charge is 2.33. The van der Waals surface area contributed by atoms with Crippen molar-refractivity contribution in [2.24, 2.45) is 0 Å². The van der Waals surface area contributed by atoms with E-state index >= 15 is 0 Å². The van der Waals surface area contributed by atoms with Gasteiger partial charge in [-0.15, -0.1) is 0 Å². The van der Waals surface area contributed by atoms with Gasteiger partial charge in [-0.2, -0.15) is 0 Å². The topological polar surface area (TPSA) is 23.6 Å². The zero-order chi connectivity index (χ0) is 19.9. The van der Waals surface area contributed by atoms with Crippen molar-refractivity contribution in [3.63, 3.8) is 0 Å². The third-order valence-corrected chi connectivity index (χ3v) is 4.91. The molecular weight excluding hydrogens is 367 g/mol. The average molecular weight is 384 g/mol. The maximum atomic E-state index is 13.9. The first-order chi connectivity index (χ1) is 12.7. The first-order valence-corrected chi connectivity index (χ1v) is 8.36. The van der Waals surface area contributed by atoms with E-state index in [1.165, 1.54) is 0 Å². The van der Waals surface area contributed by atoms with Crippen LogP contribution in [0.1, 0.15) is 21.5 Å². The second-order valence-corrected chi connectivity index (χ2v) is 6.44. The summed E-state index contributed by atoms with van der Waals surface area (Å²) in [6, 6.07) is 5.82. The lowest BCUT2D eigenvalue weighted by molar-refractivity contribution is 0.0733. The van der Waals surface area contributed by atoms with Crippen molar-refractivity contribution in [1.82, 2.24) is 4.90 Å². The molecule has 0 aliphatic carbocycles. The Kier molecular flexibility index (Phi) is 5.08. The quantitative estimate of drug-likeness (QED) is 0.445. The number of hydrogen-bond donors (Lipinski definition) is 0. The van der Waals surface area contributed by atoms with E-state index in [1.54, 1.807) is 0 Å². The number of aryl methyl sites for hydroxylation is 1. The molecule has 2 aromatic rings. The third-order valence-electron chi connectivity index (χ3n) is 4.91. The molecule has 0 unspecified atom stereocenters. The van der Waals surface area contributed by atoms with Gasteiger partial charge in [0.15, 0.2) is 23.3 Å². The highest BCUT2D eigenvalue weighted by atomic mass is 19.2. The van der Waals surface area contributed by atoms with Crippen molar-refractivity contribution in [2.75, 3.05) is 31.1 Å². The summed E-state index contributed by atoms with van der Waals surface area (Å²) in [5, 5.41) is 0. The minimum atomic E-state index is -2.28. The molecule has 0 aromatic heterocycles. The third kappa shape index (κ3) is 3.24. The maximum absolute atomic E-state index is 13.9. The Morgan fingerprint density at radius 2 is 1.33 bits per heavy atom. The van der Waals surface area contributed by atoms with Crippen LogP contribution in [-0.2, 0) is 0 Å². The van der Waals surface area contributed by atoms with Crippen LogP contribution in [0, 0.1) is 42.9 Å². The van der Waals surface area contributed by atoms with Gasteiger partial charge in [-0.1, -0.05) is 12.1 Å². The molecular formula is C19H17F5N2O. The van der Waals surface area contributed by atoms with Crippen molar-refractivity contribution in [3.8, 4) is 0 Å². The molecule has 3 rings (SSSR count). The number of hydrogen-bond acceptors (Lipinski definition) is 2. The number of piperazine rings is 1. The van der Waals surface area contributed by atoms with Crippen LogP contribution in [0.15, 0.2) is 18.2 Å². The molecule has 1 amide bonds.